The zero-order valence-corrected chi connectivity index (χ0v) is 10.8. The molecule has 2 rings (SSSR count). The van der Waals surface area contributed by atoms with Gasteiger partial charge in [-0.3, -0.25) is 4.68 Å². The molecule has 0 saturated heterocycles. The third kappa shape index (κ3) is 2.47. The molecule has 1 heterocycles. The van der Waals surface area contributed by atoms with Gasteiger partial charge in [0.25, 0.3) is 0 Å². The number of ether oxygens (including phenoxy) is 1. The summed E-state index contributed by atoms with van der Waals surface area (Å²) in [6.07, 6.45) is 1.48. The highest BCUT2D eigenvalue weighted by Crippen LogP contribution is 2.24. The predicted molar refractivity (Wildman–Crippen MR) is 69.3 cm³/mol. The first kappa shape index (κ1) is 12.8. The van der Waals surface area contributed by atoms with Gasteiger partial charge in [0.05, 0.1) is 30.1 Å². The summed E-state index contributed by atoms with van der Waals surface area (Å²) in [5, 5.41) is 13.0. The van der Waals surface area contributed by atoms with Crippen molar-refractivity contribution in [2.75, 3.05) is 6.61 Å². The molecule has 1 aromatic carbocycles. The highest BCUT2D eigenvalue weighted by Gasteiger charge is 2.18. The van der Waals surface area contributed by atoms with Crippen molar-refractivity contribution in [1.29, 1.82) is 5.26 Å². The second-order valence-corrected chi connectivity index (χ2v) is 3.94. The normalized spacial score (nSPS) is 9.95. The zero-order valence-electron chi connectivity index (χ0n) is 10.8. The second-order valence-electron chi connectivity index (χ2n) is 3.94. The number of esters is 1. The maximum absolute atomic E-state index is 11.9. The smallest absolute Gasteiger partial charge is 0.341 e. The molecule has 19 heavy (non-hydrogen) atoms. The Balaban J connectivity index is 2.52. The number of aromatic nitrogens is 2. The van der Waals surface area contributed by atoms with E-state index in [9.17, 15) is 4.79 Å². The van der Waals surface area contributed by atoms with E-state index in [1.165, 1.54) is 6.20 Å². The molecule has 0 spiro atoms. The Morgan fingerprint density at radius 1 is 1.53 bits per heavy atom. The Kier molecular flexibility index (Phi) is 3.62. The molecule has 5 heteroatoms. The fraction of sp³-hybridized carbons (Fsp3) is 0.214. The molecule has 0 aliphatic carbocycles. The van der Waals surface area contributed by atoms with E-state index in [0.29, 0.717) is 23.4 Å². The summed E-state index contributed by atoms with van der Waals surface area (Å²) in [4.78, 5) is 11.9. The molecule has 1 aromatic heterocycles. The molecule has 0 atom stereocenters. The molecule has 0 radical (unpaired) electrons. The standard InChI is InChI=1S/C14H13N3O2/c1-3-19-14(18)12-9-16-17(2)13(12)11-6-4-5-10(7-11)8-15/h4-7,9H,3H2,1-2H3. The van der Waals surface area contributed by atoms with E-state index < -0.39 is 5.97 Å². The summed E-state index contributed by atoms with van der Waals surface area (Å²) in [7, 11) is 1.75. The van der Waals surface area contributed by atoms with E-state index in [4.69, 9.17) is 10.00 Å². The molecular weight excluding hydrogens is 242 g/mol. The van der Waals surface area contributed by atoms with Crippen LogP contribution in [0.3, 0.4) is 0 Å². The van der Waals surface area contributed by atoms with Crippen molar-refractivity contribution in [3.05, 3.63) is 41.6 Å². The van der Waals surface area contributed by atoms with Crippen LogP contribution in [0.2, 0.25) is 0 Å². The molecule has 0 unspecified atom stereocenters. The third-order valence-corrected chi connectivity index (χ3v) is 2.70. The number of aryl methyl sites for hydroxylation is 1. The molecule has 2 aromatic rings. The lowest BCUT2D eigenvalue weighted by Crippen LogP contribution is -2.06. The lowest BCUT2D eigenvalue weighted by atomic mass is 10.1. The minimum Gasteiger partial charge on any atom is -0.462 e. The summed E-state index contributed by atoms with van der Waals surface area (Å²) in [6, 6.07) is 9.12. The Labute approximate surface area is 111 Å². The number of hydrogen-bond acceptors (Lipinski definition) is 4. The first-order valence-corrected chi connectivity index (χ1v) is 5.87. The van der Waals surface area contributed by atoms with Crippen LogP contribution >= 0.6 is 0 Å². The monoisotopic (exact) mass is 255 g/mol. The summed E-state index contributed by atoms with van der Waals surface area (Å²) >= 11 is 0. The van der Waals surface area contributed by atoms with Crippen LogP contribution in [0.15, 0.2) is 30.5 Å². The maximum atomic E-state index is 11.9. The first-order chi connectivity index (χ1) is 9.17. The van der Waals surface area contributed by atoms with Gasteiger partial charge in [0.15, 0.2) is 0 Å². The Bertz CT molecular complexity index is 653. The van der Waals surface area contributed by atoms with Gasteiger partial charge in [-0.15, -0.1) is 0 Å². The topological polar surface area (TPSA) is 67.9 Å². The van der Waals surface area contributed by atoms with Crippen LogP contribution in [0.5, 0.6) is 0 Å². The number of carbonyl (C=O) groups excluding carboxylic acids is 1. The molecule has 0 bridgehead atoms. The van der Waals surface area contributed by atoms with Crippen LogP contribution in [0.4, 0.5) is 0 Å². The van der Waals surface area contributed by atoms with E-state index in [0.717, 1.165) is 5.56 Å². The molecule has 0 fully saturated rings. The Morgan fingerprint density at radius 2 is 2.32 bits per heavy atom. The van der Waals surface area contributed by atoms with Crippen LogP contribution in [0.1, 0.15) is 22.8 Å². The van der Waals surface area contributed by atoms with Crippen LogP contribution in [0, 0.1) is 11.3 Å². The minimum atomic E-state index is -0.409. The van der Waals surface area contributed by atoms with E-state index in [1.807, 2.05) is 6.07 Å². The van der Waals surface area contributed by atoms with Gasteiger partial charge in [-0.05, 0) is 19.1 Å². The van der Waals surface area contributed by atoms with Crippen LogP contribution in [-0.4, -0.2) is 22.4 Å². The van der Waals surface area contributed by atoms with Gasteiger partial charge < -0.3 is 4.74 Å². The van der Waals surface area contributed by atoms with Gasteiger partial charge in [-0.25, -0.2) is 4.79 Å². The van der Waals surface area contributed by atoms with Gasteiger partial charge in [-0.2, -0.15) is 10.4 Å². The van der Waals surface area contributed by atoms with Crippen molar-refractivity contribution in [2.24, 2.45) is 7.05 Å². The van der Waals surface area contributed by atoms with Crippen LogP contribution in [-0.2, 0) is 11.8 Å². The number of hydrogen-bond donors (Lipinski definition) is 0. The molecule has 0 saturated carbocycles. The zero-order chi connectivity index (χ0) is 13.8. The second kappa shape index (κ2) is 5.36. The Hall–Kier alpha value is -2.61. The summed E-state index contributed by atoms with van der Waals surface area (Å²) in [6.45, 7) is 2.07. The largest absolute Gasteiger partial charge is 0.462 e. The van der Waals surface area contributed by atoms with Crippen molar-refractivity contribution in [3.63, 3.8) is 0 Å². The number of benzene rings is 1. The molecule has 0 aliphatic rings. The number of carbonyl (C=O) groups is 1. The van der Waals surface area contributed by atoms with Gasteiger partial charge in [0.2, 0.25) is 0 Å². The van der Waals surface area contributed by atoms with E-state index >= 15 is 0 Å². The quantitative estimate of drug-likeness (QED) is 0.788. The van der Waals surface area contributed by atoms with Gasteiger partial charge >= 0.3 is 5.97 Å². The lowest BCUT2D eigenvalue weighted by Gasteiger charge is -2.06. The first-order valence-electron chi connectivity index (χ1n) is 5.87. The van der Waals surface area contributed by atoms with Crippen LogP contribution < -0.4 is 0 Å². The average molecular weight is 255 g/mol. The van der Waals surface area contributed by atoms with E-state index in [2.05, 4.69) is 11.2 Å². The molecule has 96 valence electrons. The maximum Gasteiger partial charge on any atom is 0.341 e. The average Bonchev–Trinajstić information content (AvgIpc) is 2.81. The fourth-order valence-electron chi connectivity index (χ4n) is 1.87. The lowest BCUT2D eigenvalue weighted by molar-refractivity contribution is 0.0527. The summed E-state index contributed by atoms with van der Waals surface area (Å²) in [5.74, 6) is -0.409. The highest BCUT2D eigenvalue weighted by atomic mass is 16.5. The number of nitrogens with zero attached hydrogens (tertiary/aromatic N) is 3. The number of rotatable bonds is 3. The Morgan fingerprint density at radius 3 is 3.00 bits per heavy atom. The molecule has 5 nitrogen and oxygen atoms in total. The van der Waals surface area contributed by atoms with E-state index in [-0.39, 0.29) is 0 Å². The van der Waals surface area contributed by atoms with Crippen molar-refractivity contribution < 1.29 is 9.53 Å². The summed E-state index contributed by atoms with van der Waals surface area (Å²) in [5.41, 5.74) is 2.35. The highest BCUT2D eigenvalue weighted by molar-refractivity contribution is 5.96. The van der Waals surface area contributed by atoms with Crippen molar-refractivity contribution >= 4 is 5.97 Å². The van der Waals surface area contributed by atoms with Crippen LogP contribution in [0.25, 0.3) is 11.3 Å². The fourth-order valence-corrected chi connectivity index (χ4v) is 1.87. The van der Waals surface area contributed by atoms with E-state index in [1.54, 1.807) is 36.9 Å². The SMILES string of the molecule is CCOC(=O)c1cnn(C)c1-c1cccc(C#N)c1. The molecule has 0 amide bonds. The van der Waals surface area contributed by atoms with Crippen molar-refractivity contribution in [2.45, 2.75) is 6.92 Å². The summed E-state index contributed by atoms with van der Waals surface area (Å²) < 4.78 is 6.60. The minimum absolute atomic E-state index is 0.311. The molecule has 0 aliphatic heterocycles. The van der Waals surface area contributed by atoms with Crippen molar-refractivity contribution in [1.82, 2.24) is 9.78 Å². The van der Waals surface area contributed by atoms with Crippen molar-refractivity contribution in [3.8, 4) is 17.3 Å². The molecule has 0 N–H and O–H groups in total. The number of nitriles is 1. The van der Waals surface area contributed by atoms with Gasteiger partial charge in [-0.1, -0.05) is 12.1 Å². The predicted octanol–water partition coefficient (Wildman–Crippen LogP) is 2.14. The third-order valence-electron chi connectivity index (χ3n) is 2.70. The van der Waals surface area contributed by atoms with Gasteiger partial charge in [0, 0.05) is 12.6 Å². The van der Waals surface area contributed by atoms with Gasteiger partial charge in [0.1, 0.15) is 5.56 Å². The molecular formula is C14H13N3O2.